The third-order valence-corrected chi connectivity index (χ3v) is 2.87. The third kappa shape index (κ3) is 4.31. The fourth-order valence-corrected chi connectivity index (χ4v) is 1.88. The first kappa shape index (κ1) is 12.0. The summed E-state index contributed by atoms with van der Waals surface area (Å²) in [6, 6.07) is 6.18. The molecular weight excluding hydrogens is 219 g/mol. The first-order valence-corrected chi connectivity index (χ1v) is 5.35. The van der Waals surface area contributed by atoms with Crippen LogP contribution in [-0.4, -0.2) is 28.0 Å². The van der Waals surface area contributed by atoms with Gasteiger partial charge in [-0.3, -0.25) is 4.79 Å². The molecular formula is C10H11FO3S. The molecule has 1 unspecified atom stereocenters. The molecule has 0 spiro atoms. The maximum atomic E-state index is 13.1. The Labute approximate surface area is 90.9 Å². The Morgan fingerprint density at radius 2 is 2.13 bits per heavy atom. The van der Waals surface area contributed by atoms with Gasteiger partial charge in [0.15, 0.2) is 0 Å². The van der Waals surface area contributed by atoms with Crippen LogP contribution in [0.1, 0.15) is 6.42 Å². The van der Waals surface area contributed by atoms with Crippen molar-refractivity contribution in [3.63, 3.8) is 0 Å². The number of halogens is 1. The van der Waals surface area contributed by atoms with Crippen LogP contribution in [0.15, 0.2) is 29.2 Å². The fraction of sp³-hybridized carbons (Fsp3) is 0.300. The fourth-order valence-electron chi connectivity index (χ4n) is 1.01. The number of hydrogen-bond donors (Lipinski definition) is 2. The Morgan fingerprint density at radius 3 is 2.73 bits per heavy atom. The Morgan fingerprint density at radius 1 is 1.47 bits per heavy atom. The second-order valence-corrected chi connectivity index (χ2v) is 4.05. The lowest BCUT2D eigenvalue weighted by Crippen LogP contribution is -2.15. The standard InChI is InChI=1S/C10H11FO3S/c11-8-3-1-2-4-9(8)15-6-7(12)5-10(13)14/h1-4,7,12H,5-6H2,(H,13,14). The molecule has 82 valence electrons. The van der Waals surface area contributed by atoms with Gasteiger partial charge in [0.25, 0.3) is 0 Å². The van der Waals surface area contributed by atoms with E-state index in [0.29, 0.717) is 4.90 Å². The SMILES string of the molecule is O=C(O)CC(O)CSc1ccccc1F. The summed E-state index contributed by atoms with van der Waals surface area (Å²) in [5, 5.41) is 17.6. The van der Waals surface area contributed by atoms with Gasteiger partial charge in [-0.05, 0) is 12.1 Å². The normalized spacial score (nSPS) is 12.4. The highest BCUT2D eigenvalue weighted by atomic mass is 32.2. The number of thioether (sulfide) groups is 1. The van der Waals surface area contributed by atoms with Gasteiger partial charge < -0.3 is 10.2 Å². The summed E-state index contributed by atoms with van der Waals surface area (Å²) in [4.78, 5) is 10.7. The molecule has 1 aromatic carbocycles. The second kappa shape index (κ2) is 5.72. The molecule has 1 aromatic rings. The summed E-state index contributed by atoms with van der Waals surface area (Å²) in [5.74, 6) is -1.24. The molecule has 15 heavy (non-hydrogen) atoms. The van der Waals surface area contributed by atoms with Crippen LogP contribution in [0.2, 0.25) is 0 Å². The quantitative estimate of drug-likeness (QED) is 0.757. The van der Waals surface area contributed by atoms with Gasteiger partial charge in [-0.2, -0.15) is 0 Å². The van der Waals surface area contributed by atoms with E-state index in [2.05, 4.69) is 0 Å². The van der Waals surface area contributed by atoms with Crippen LogP contribution in [0, 0.1) is 5.82 Å². The van der Waals surface area contributed by atoms with Crippen LogP contribution in [0.4, 0.5) is 4.39 Å². The van der Waals surface area contributed by atoms with Crippen molar-refractivity contribution < 1.29 is 19.4 Å². The van der Waals surface area contributed by atoms with Crippen molar-refractivity contribution in [1.29, 1.82) is 0 Å². The number of aliphatic hydroxyl groups excluding tert-OH is 1. The molecule has 3 nitrogen and oxygen atoms in total. The van der Waals surface area contributed by atoms with Gasteiger partial charge in [0, 0.05) is 10.6 Å². The zero-order valence-electron chi connectivity index (χ0n) is 7.89. The van der Waals surface area contributed by atoms with Crippen molar-refractivity contribution in [3.05, 3.63) is 30.1 Å². The van der Waals surface area contributed by atoms with Crippen molar-refractivity contribution in [3.8, 4) is 0 Å². The summed E-state index contributed by atoms with van der Waals surface area (Å²) in [6.45, 7) is 0. The molecule has 0 aliphatic carbocycles. The van der Waals surface area contributed by atoms with E-state index in [1.165, 1.54) is 6.07 Å². The van der Waals surface area contributed by atoms with E-state index in [1.807, 2.05) is 0 Å². The van der Waals surface area contributed by atoms with Gasteiger partial charge in [-0.15, -0.1) is 11.8 Å². The lowest BCUT2D eigenvalue weighted by atomic mass is 10.3. The lowest BCUT2D eigenvalue weighted by molar-refractivity contribution is -0.138. The largest absolute Gasteiger partial charge is 0.481 e. The highest BCUT2D eigenvalue weighted by Crippen LogP contribution is 2.22. The molecule has 0 radical (unpaired) electrons. The molecule has 5 heteroatoms. The van der Waals surface area contributed by atoms with Crippen molar-refractivity contribution in [2.75, 3.05) is 5.75 Å². The summed E-state index contributed by atoms with van der Waals surface area (Å²) in [5.41, 5.74) is 0. The number of hydrogen-bond acceptors (Lipinski definition) is 3. The van der Waals surface area contributed by atoms with Gasteiger partial charge >= 0.3 is 5.97 Å². The molecule has 0 aliphatic rings. The van der Waals surface area contributed by atoms with Gasteiger partial charge in [0.05, 0.1) is 12.5 Å². The van der Waals surface area contributed by atoms with Gasteiger partial charge in [0.1, 0.15) is 5.82 Å². The number of carbonyl (C=O) groups is 1. The van der Waals surface area contributed by atoms with E-state index < -0.39 is 12.1 Å². The predicted octanol–water partition coefficient (Wildman–Crippen LogP) is 1.75. The summed E-state index contributed by atoms with van der Waals surface area (Å²) in [7, 11) is 0. The summed E-state index contributed by atoms with van der Waals surface area (Å²) in [6.07, 6.45) is -1.27. The van der Waals surface area contributed by atoms with Crippen LogP contribution < -0.4 is 0 Å². The number of rotatable bonds is 5. The monoisotopic (exact) mass is 230 g/mol. The van der Waals surface area contributed by atoms with Gasteiger partial charge in [-0.1, -0.05) is 12.1 Å². The topological polar surface area (TPSA) is 57.5 Å². The molecule has 0 saturated heterocycles. The smallest absolute Gasteiger partial charge is 0.306 e. The van der Waals surface area contributed by atoms with Crippen LogP contribution in [0.3, 0.4) is 0 Å². The van der Waals surface area contributed by atoms with Gasteiger partial charge in [-0.25, -0.2) is 4.39 Å². The van der Waals surface area contributed by atoms with E-state index in [0.717, 1.165) is 11.8 Å². The van der Waals surface area contributed by atoms with Crippen molar-refractivity contribution in [1.82, 2.24) is 0 Å². The number of benzene rings is 1. The average molecular weight is 230 g/mol. The van der Waals surface area contributed by atoms with Crippen LogP contribution in [-0.2, 0) is 4.79 Å². The Kier molecular flexibility index (Phi) is 4.58. The second-order valence-electron chi connectivity index (χ2n) is 2.99. The van der Waals surface area contributed by atoms with Crippen molar-refractivity contribution in [2.24, 2.45) is 0 Å². The minimum absolute atomic E-state index is 0.174. The molecule has 0 heterocycles. The number of aliphatic hydroxyl groups is 1. The van der Waals surface area contributed by atoms with Crippen LogP contribution in [0.5, 0.6) is 0 Å². The van der Waals surface area contributed by atoms with E-state index in [1.54, 1.807) is 18.2 Å². The highest BCUT2D eigenvalue weighted by molar-refractivity contribution is 7.99. The Balaban J connectivity index is 2.43. The Hall–Kier alpha value is -1.07. The molecule has 0 fully saturated rings. The highest BCUT2D eigenvalue weighted by Gasteiger charge is 2.11. The molecule has 0 saturated carbocycles. The predicted molar refractivity (Wildman–Crippen MR) is 55.4 cm³/mol. The Bertz CT molecular complexity index is 343. The number of aliphatic carboxylic acids is 1. The maximum absolute atomic E-state index is 13.1. The summed E-state index contributed by atoms with van der Waals surface area (Å²) >= 11 is 1.11. The van der Waals surface area contributed by atoms with Gasteiger partial charge in [0.2, 0.25) is 0 Å². The summed E-state index contributed by atoms with van der Waals surface area (Å²) < 4.78 is 13.1. The molecule has 1 atom stereocenters. The first-order chi connectivity index (χ1) is 7.09. The van der Waals surface area contributed by atoms with Crippen molar-refractivity contribution in [2.45, 2.75) is 17.4 Å². The number of carboxylic acid groups (broad SMARTS) is 1. The average Bonchev–Trinajstić information content (AvgIpc) is 2.15. The van der Waals surface area contributed by atoms with E-state index >= 15 is 0 Å². The zero-order chi connectivity index (χ0) is 11.3. The zero-order valence-corrected chi connectivity index (χ0v) is 8.71. The molecule has 0 bridgehead atoms. The first-order valence-electron chi connectivity index (χ1n) is 4.37. The van der Waals surface area contributed by atoms with Crippen LogP contribution in [0.25, 0.3) is 0 Å². The molecule has 2 N–H and O–H groups in total. The lowest BCUT2D eigenvalue weighted by Gasteiger charge is -2.07. The maximum Gasteiger partial charge on any atom is 0.306 e. The van der Waals surface area contributed by atoms with Crippen molar-refractivity contribution >= 4 is 17.7 Å². The van der Waals surface area contributed by atoms with Crippen LogP contribution >= 0.6 is 11.8 Å². The molecule has 0 amide bonds. The molecule has 1 rings (SSSR count). The minimum Gasteiger partial charge on any atom is -0.481 e. The molecule has 0 aromatic heterocycles. The molecule has 0 aliphatic heterocycles. The van der Waals surface area contributed by atoms with E-state index in [9.17, 15) is 14.3 Å². The van der Waals surface area contributed by atoms with E-state index in [4.69, 9.17) is 5.11 Å². The number of carboxylic acids is 1. The third-order valence-electron chi connectivity index (χ3n) is 1.68. The van der Waals surface area contributed by atoms with E-state index in [-0.39, 0.29) is 18.0 Å². The minimum atomic E-state index is -1.06.